The molecule has 1 atom stereocenters. The molecular formula is C12H22N2O5. The number of carbonyl (C=O) groups excluding carboxylic acids is 1. The molecule has 0 radical (unpaired) electrons. The average molecular weight is 274 g/mol. The van der Waals surface area contributed by atoms with Crippen LogP contribution in [0.3, 0.4) is 0 Å². The molecule has 0 aliphatic heterocycles. The SMILES string of the molecule is COCCC(NC(=O)NCCOCC1CC1)C(=O)O. The topological polar surface area (TPSA) is 96.9 Å². The maximum atomic E-state index is 11.4. The molecule has 0 saturated heterocycles. The highest BCUT2D eigenvalue weighted by molar-refractivity contribution is 5.82. The van der Waals surface area contributed by atoms with Crippen LogP contribution in [0.15, 0.2) is 0 Å². The van der Waals surface area contributed by atoms with Gasteiger partial charge in [-0.15, -0.1) is 0 Å². The van der Waals surface area contributed by atoms with Gasteiger partial charge in [-0.05, 0) is 18.8 Å². The molecule has 0 bridgehead atoms. The Morgan fingerprint density at radius 1 is 1.37 bits per heavy atom. The fourth-order valence-corrected chi connectivity index (χ4v) is 1.47. The molecule has 0 spiro atoms. The van der Waals surface area contributed by atoms with Gasteiger partial charge in [0.15, 0.2) is 0 Å². The third kappa shape index (κ3) is 7.63. The van der Waals surface area contributed by atoms with E-state index in [1.807, 2.05) is 0 Å². The van der Waals surface area contributed by atoms with Crippen molar-refractivity contribution in [1.29, 1.82) is 0 Å². The normalized spacial score (nSPS) is 15.8. The van der Waals surface area contributed by atoms with Crippen molar-refractivity contribution in [2.45, 2.75) is 25.3 Å². The molecule has 19 heavy (non-hydrogen) atoms. The number of carboxylic acids is 1. The predicted molar refractivity (Wildman–Crippen MR) is 68.0 cm³/mol. The molecule has 2 amide bonds. The number of urea groups is 1. The summed E-state index contributed by atoms with van der Waals surface area (Å²) in [6, 6.07) is -1.44. The number of hydrogen-bond acceptors (Lipinski definition) is 4. The summed E-state index contributed by atoms with van der Waals surface area (Å²) in [5.74, 6) is -0.378. The summed E-state index contributed by atoms with van der Waals surface area (Å²) < 4.78 is 10.1. The lowest BCUT2D eigenvalue weighted by molar-refractivity contribution is -0.139. The zero-order valence-electron chi connectivity index (χ0n) is 11.2. The molecule has 1 aliphatic rings. The van der Waals surface area contributed by atoms with Gasteiger partial charge in [-0.25, -0.2) is 9.59 Å². The average Bonchev–Trinajstić information content (AvgIpc) is 3.17. The Morgan fingerprint density at radius 3 is 2.68 bits per heavy atom. The standard InChI is InChI=1S/C12H22N2O5/c1-18-6-4-10(11(15)16)14-12(17)13-5-7-19-8-9-2-3-9/h9-10H,2-8H2,1H3,(H,15,16)(H2,13,14,17). The van der Waals surface area contributed by atoms with E-state index in [9.17, 15) is 9.59 Å². The number of carbonyl (C=O) groups is 2. The maximum absolute atomic E-state index is 11.4. The predicted octanol–water partition coefficient (Wildman–Crippen LogP) is 0.202. The summed E-state index contributed by atoms with van der Waals surface area (Å²) in [6.45, 7) is 1.84. The fourth-order valence-electron chi connectivity index (χ4n) is 1.47. The van der Waals surface area contributed by atoms with Crippen molar-refractivity contribution in [3.63, 3.8) is 0 Å². The van der Waals surface area contributed by atoms with Gasteiger partial charge in [-0.3, -0.25) is 0 Å². The zero-order valence-corrected chi connectivity index (χ0v) is 11.2. The molecule has 1 fully saturated rings. The summed E-state index contributed by atoms with van der Waals surface area (Å²) in [5.41, 5.74) is 0. The summed E-state index contributed by atoms with van der Waals surface area (Å²) in [4.78, 5) is 22.3. The Balaban J connectivity index is 2.06. The molecule has 0 aromatic carbocycles. The molecule has 1 rings (SSSR count). The van der Waals surface area contributed by atoms with Crippen LogP contribution in [0.4, 0.5) is 4.79 Å². The van der Waals surface area contributed by atoms with Gasteiger partial charge in [0.05, 0.1) is 6.61 Å². The second-order valence-corrected chi connectivity index (χ2v) is 4.59. The van der Waals surface area contributed by atoms with Crippen molar-refractivity contribution in [2.24, 2.45) is 5.92 Å². The van der Waals surface area contributed by atoms with Gasteiger partial charge in [0.25, 0.3) is 0 Å². The molecule has 0 aromatic heterocycles. The molecule has 0 aromatic rings. The van der Waals surface area contributed by atoms with Crippen LogP contribution >= 0.6 is 0 Å². The van der Waals surface area contributed by atoms with Crippen LogP contribution in [0.1, 0.15) is 19.3 Å². The van der Waals surface area contributed by atoms with Gasteiger partial charge in [0, 0.05) is 33.3 Å². The third-order valence-electron chi connectivity index (χ3n) is 2.80. The minimum absolute atomic E-state index is 0.234. The van der Waals surface area contributed by atoms with Gasteiger partial charge in [0.1, 0.15) is 6.04 Å². The lowest BCUT2D eigenvalue weighted by Gasteiger charge is -2.14. The first-order valence-corrected chi connectivity index (χ1v) is 6.47. The molecule has 7 nitrogen and oxygen atoms in total. The van der Waals surface area contributed by atoms with Crippen LogP contribution in [-0.2, 0) is 14.3 Å². The number of methoxy groups -OCH3 is 1. The van der Waals surface area contributed by atoms with Crippen LogP contribution in [-0.4, -0.2) is 56.6 Å². The Bertz CT molecular complexity index is 294. The van der Waals surface area contributed by atoms with Crippen LogP contribution in [0, 0.1) is 5.92 Å². The Hall–Kier alpha value is -1.34. The van der Waals surface area contributed by atoms with Gasteiger partial charge in [-0.1, -0.05) is 0 Å². The van der Waals surface area contributed by atoms with E-state index >= 15 is 0 Å². The molecule has 110 valence electrons. The Morgan fingerprint density at radius 2 is 2.11 bits per heavy atom. The summed E-state index contributed by atoms with van der Waals surface area (Å²) in [6.07, 6.45) is 2.69. The number of carboxylic acid groups (broad SMARTS) is 1. The van der Waals surface area contributed by atoms with E-state index in [-0.39, 0.29) is 13.0 Å². The van der Waals surface area contributed by atoms with E-state index in [1.54, 1.807) is 0 Å². The molecule has 1 aliphatic carbocycles. The molecule has 0 heterocycles. The van der Waals surface area contributed by atoms with E-state index in [0.29, 0.717) is 19.1 Å². The largest absolute Gasteiger partial charge is 0.480 e. The Labute approximate surface area is 112 Å². The van der Waals surface area contributed by atoms with Gasteiger partial charge >= 0.3 is 12.0 Å². The lowest BCUT2D eigenvalue weighted by Crippen LogP contribution is -2.47. The molecule has 1 unspecified atom stereocenters. The minimum atomic E-state index is -1.07. The number of hydrogen-bond donors (Lipinski definition) is 3. The monoisotopic (exact) mass is 274 g/mol. The van der Waals surface area contributed by atoms with E-state index in [2.05, 4.69) is 10.6 Å². The van der Waals surface area contributed by atoms with Crippen LogP contribution in [0.2, 0.25) is 0 Å². The Kier molecular flexibility index (Phi) is 7.20. The number of ether oxygens (including phenoxy) is 2. The van der Waals surface area contributed by atoms with Gasteiger partial charge in [-0.2, -0.15) is 0 Å². The smallest absolute Gasteiger partial charge is 0.326 e. The highest BCUT2D eigenvalue weighted by Gasteiger charge is 2.21. The van der Waals surface area contributed by atoms with E-state index in [1.165, 1.54) is 20.0 Å². The highest BCUT2D eigenvalue weighted by atomic mass is 16.5. The van der Waals surface area contributed by atoms with Crippen molar-refractivity contribution in [3.05, 3.63) is 0 Å². The van der Waals surface area contributed by atoms with Crippen molar-refractivity contribution >= 4 is 12.0 Å². The first-order valence-electron chi connectivity index (χ1n) is 6.47. The van der Waals surface area contributed by atoms with Gasteiger partial charge in [0.2, 0.25) is 0 Å². The van der Waals surface area contributed by atoms with Crippen molar-refractivity contribution in [3.8, 4) is 0 Å². The van der Waals surface area contributed by atoms with Gasteiger partial charge < -0.3 is 25.2 Å². The second-order valence-electron chi connectivity index (χ2n) is 4.59. The van der Waals surface area contributed by atoms with Crippen LogP contribution in [0.5, 0.6) is 0 Å². The molecular weight excluding hydrogens is 252 g/mol. The maximum Gasteiger partial charge on any atom is 0.326 e. The highest BCUT2D eigenvalue weighted by Crippen LogP contribution is 2.28. The molecule has 7 heteroatoms. The number of nitrogens with one attached hydrogen (secondary N) is 2. The van der Waals surface area contributed by atoms with Crippen molar-refractivity contribution in [1.82, 2.24) is 10.6 Å². The molecule has 3 N–H and O–H groups in total. The summed E-state index contributed by atoms with van der Waals surface area (Å²) >= 11 is 0. The number of rotatable bonds is 10. The van der Waals surface area contributed by atoms with E-state index in [4.69, 9.17) is 14.6 Å². The van der Waals surface area contributed by atoms with Crippen molar-refractivity contribution < 1.29 is 24.2 Å². The van der Waals surface area contributed by atoms with E-state index in [0.717, 1.165) is 6.61 Å². The summed E-state index contributed by atoms with van der Waals surface area (Å²) in [7, 11) is 1.48. The van der Waals surface area contributed by atoms with Crippen LogP contribution in [0.25, 0.3) is 0 Å². The quantitative estimate of drug-likeness (QED) is 0.495. The lowest BCUT2D eigenvalue weighted by atomic mass is 10.2. The minimum Gasteiger partial charge on any atom is -0.480 e. The first-order chi connectivity index (χ1) is 9.13. The van der Waals surface area contributed by atoms with Crippen LogP contribution < -0.4 is 10.6 Å². The molecule has 1 saturated carbocycles. The van der Waals surface area contributed by atoms with E-state index < -0.39 is 18.0 Å². The second kappa shape index (κ2) is 8.71. The van der Waals surface area contributed by atoms with Crippen molar-refractivity contribution in [2.75, 3.05) is 33.5 Å². The zero-order chi connectivity index (χ0) is 14.1. The summed E-state index contributed by atoms with van der Waals surface area (Å²) in [5, 5.41) is 13.8. The fraction of sp³-hybridized carbons (Fsp3) is 0.833. The third-order valence-corrected chi connectivity index (χ3v) is 2.80. The number of aliphatic carboxylic acids is 1. The number of amides is 2. The first kappa shape index (κ1) is 15.7.